The van der Waals surface area contributed by atoms with E-state index in [2.05, 4.69) is 5.16 Å². The Morgan fingerprint density at radius 2 is 2.08 bits per heavy atom. The molecule has 0 spiro atoms. The number of aromatic nitrogens is 1. The number of carbonyl (C=O) groups is 1. The fourth-order valence-corrected chi connectivity index (χ4v) is 3.07. The minimum atomic E-state index is -0.559. The molecule has 2 atom stereocenters. The Kier molecular flexibility index (Phi) is 5.08. The van der Waals surface area contributed by atoms with Crippen molar-refractivity contribution < 1.29 is 19.2 Å². The summed E-state index contributed by atoms with van der Waals surface area (Å²) in [6.45, 7) is 6.70. The molecule has 1 aromatic carbocycles. The number of benzene rings is 1. The molecule has 1 aliphatic rings. The number of nitrogens with zero attached hydrogens (tertiary/aromatic N) is 2. The van der Waals surface area contributed by atoms with Crippen LogP contribution in [0.25, 0.3) is 0 Å². The van der Waals surface area contributed by atoms with Crippen molar-refractivity contribution in [3.8, 4) is 5.75 Å². The molecule has 1 fully saturated rings. The number of carbonyl (C=O) groups excluding carboxylic acids is 1. The minimum absolute atomic E-state index is 0.0244. The predicted molar refractivity (Wildman–Crippen MR) is 92.4 cm³/mol. The van der Waals surface area contributed by atoms with Gasteiger partial charge in [0, 0.05) is 31.5 Å². The number of β-amino-alcohol motifs (C(OH)–C–C–N with tert-alkyl or cyclic N) is 1. The van der Waals surface area contributed by atoms with Gasteiger partial charge in [-0.15, -0.1) is 0 Å². The minimum Gasteiger partial charge on any atom is -0.484 e. The first-order valence-electron chi connectivity index (χ1n) is 8.50. The molecule has 1 aliphatic heterocycles. The van der Waals surface area contributed by atoms with Gasteiger partial charge in [0.05, 0.1) is 11.8 Å². The van der Waals surface area contributed by atoms with E-state index in [4.69, 9.17) is 9.26 Å². The maximum Gasteiger partial charge on any atom is 0.260 e. The molecule has 0 saturated carbocycles. The third-order valence-corrected chi connectivity index (χ3v) is 4.74. The van der Waals surface area contributed by atoms with E-state index in [1.807, 2.05) is 45.0 Å². The summed E-state index contributed by atoms with van der Waals surface area (Å²) >= 11 is 0. The van der Waals surface area contributed by atoms with Gasteiger partial charge in [-0.25, -0.2) is 0 Å². The van der Waals surface area contributed by atoms with E-state index in [-0.39, 0.29) is 18.4 Å². The van der Waals surface area contributed by atoms with Gasteiger partial charge in [0.2, 0.25) is 0 Å². The van der Waals surface area contributed by atoms with Gasteiger partial charge in [-0.3, -0.25) is 4.79 Å². The Hall–Kier alpha value is -2.34. The molecule has 3 rings (SSSR count). The average molecular weight is 344 g/mol. The fourth-order valence-electron chi connectivity index (χ4n) is 3.07. The lowest BCUT2D eigenvalue weighted by molar-refractivity contribution is -0.132. The summed E-state index contributed by atoms with van der Waals surface area (Å²) in [6, 6.07) is 7.63. The lowest BCUT2D eigenvalue weighted by atomic mass is 10.0. The highest BCUT2D eigenvalue weighted by molar-refractivity contribution is 5.78. The second kappa shape index (κ2) is 7.27. The van der Waals surface area contributed by atoms with Crippen LogP contribution in [-0.4, -0.2) is 46.9 Å². The lowest BCUT2D eigenvalue weighted by Crippen LogP contribution is -2.33. The summed E-state index contributed by atoms with van der Waals surface area (Å²) in [4.78, 5) is 14.0. The van der Waals surface area contributed by atoms with Crippen molar-refractivity contribution in [3.05, 3.63) is 46.8 Å². The summed E-state index contributed by atoms with van der Waals surface area (Å²) in [5.41, 5.74) is 3.13. The van der Waals surface area contributed by atoms with Crippen molar-refractivity contribution in [3.63, 3.8) is 0 Å². The van der Waals surface area contributed by atoms with Crippen molar-refractivity contribution >= 4 is 5.91 Å². The van der Waals surface area contributed by atoms with Crippen LogP contribution in [0.4, 0.5) is 0 Å². The zero-order chi connectivity index (χ0) is 18.0. The van der Waals surface area contributed by atoms with Crippen molar-refractivity contribution in [1.29, 1.82) is 0 Å². The SMILES string of the molecule is Cc1cc(C[C@@H]2CN(C(=O)COc3ccc(C)c(C)c3)C[C@@H]2O)on1. The Morgan fingerprint density at radius 1 is 1.28 bits per heavy atom. The Balaban J connectivity index is 1.53. The van der Waals surface area contributed by atoms with Crippen LogP contribution in [0.1, 0.15) is 22.6 Å². The van der Waals surface area contributed by atoms with Gasteiger partial charge in [-0.2, -0.15) is 0 Å². The van der Waals surface area contributed by atoms with Crippen molar-refractivity contribution in [2.45, 2.75) is 33.3 Å². The van der Waals surface area contributed by atoms with Gasteiger partial charge in [0.15, 0.2) is 6.61 Å². The summed E-state index contributed by atoms with van der Waals surface area (Å²) in [5, 5.41) is 14.1. The van der Waals surface area contributed by atoms with Crippen LogP contribution in [0.3, 0.4) is 0 Å². The largest absolute Gasteiger partial charge is 0.484 e. The molecule has 0 unspecified atom stereocenters. The first kappa shape index (κ1) is 17.5. The van der Waals surface area contributed by atoms with Gasteiger partial charge >= 0.3 is 0 Å². The van der Waals surface area contributed by atoms with E-state index in [1.54, 1.807) is 4.90 Å². The second-order valence-electron chi connectivity index (χ2n) is 6.80. The van der Waals surface area contributed by atoms with Crippen LogP contribution in [0.2, 0.25) is 0 Å². The average Bonchev–Trinajstić information content (AvgIpc) is 3.15. The van der Waals surface area contributed by atoms with Gasteiger partial charge < -0.3 is 19.3 Å². The number of aliphatic hydroxyl groups excluding tert-OH is 1. The summed E-state index contributed by atoms with van der Waals surface area (Å²) in [5.74, 6) is 1.26. The Bertz CT molecular complexity index is 756. The van der Waals surface area contributed by atoms with Crippen LogP contribution in [0, 0.1) is 26.7 Å². The van der Waals surface area contributed by atoms with Crippen molar-refractivity contribution in [2.75, 3.05) is 19.7 Å². The second-order valence-corrected chi connectivity index (χ2v) is 6.80. The molecule has 1 amide bonds. The molecule has 2 aromatic rings. The quantitative estimate of drug-likeness (QED) is 0.898. The van der Waals surface area contributed by atoms with Crippen LogP contribution >= 0.6 is 0 Å². The number of hydrogen-bond donors (Lipinski definition) is 1. The number of likely N-dealkylation sites (tertiary alicyclic amines) is 1. The predicted octanol–water partition coefficient (Wildman–Crippen LogP) is 2.04. The number of hydrogen-bond acceptors (Lipinski definition) is 5. The number of aryl methyl sites for hydroxylation is 3. The molecule has 0 bridgehead atoms. The number of ether oxygens (including phenoxy) is 1. The summed E-state index contributed by atoms with van der Waals surface area (Å²) < 4.78 is 10.8. The number of amides is 1. The summed E-state index contributed by atoms with van der Waals surface area (Å²) in [7, 11) is 0. The fraction of sp³-hybridized carbons (Fsp3) is 0.474. The molecule has 134 valence electrons. The maximum absolute atomic E-state index is 12.4. The zero-order valence-electron chi connectivity index (χ0n) is 14.9. The Morgan fingerprint density at radius 3 is 2.76 bits per heavy atom. The van der Waals surface area contributed by atoms with E-state index < -0.39 is 6.10 Å². The van der Waals surface area contributed by atoms with Gasteiger partial charge in [-0.1, -0.05) is 11.2 Å². The molecule has 2 heterocycles. The highest BCUT2D eigenvalue weighted by Crippen LogP contribution is 2.22. The lowest BCUT2D eigenvalue weighted by Gasteiger charge is -2.16. The monoisotopic (exact) mass is 344 g/mol. The van der Waals surface area contributed by atoms with Gasteiger partial charge in [0.1, 0.15) is 11.5 Å². The molecule has 0 radical (unpaired) electrons. The van der Waals surface area contributed by atoms with Gasteiger partial charge in [0.25, 0.3) is 5.91 Å². The topological polar surface area (TPSA) is 75.8 Å². The molecule has 0 aliphatic carbocycles. The third kappa shape index (κ3) is 4.20. The van der Waals surface area contributed by atoms with E-state index in [1.165, 1.54) is 5.56 Å². The van der Waals surface area contributed by atoms with Crippen LogP contribution in [0.15, 0.2) is 28.8 Å². The number of aliphatic hydroxyl groups is 1. The van der Waals surface area contributed by atoms with Crippen molar-refractivity contribution in [1.82, 2.24) is 10.1 Å². The van der Waals surface area contributed by atoms with Crippen molar-refractivity contribution in [2.24, 2.45) is 5.92 Å². The highest BCUT2D eigenvalue weighted by atomic mass is 16.5. The Labute approximate surface area is 147 Å². The molecule has 6 nitrogen and oxygen atoms in total. The normalized spacial score (nSPS) is 20.1. The molecule has 6 heteroatoms. The molecular formula is C19H24N2O4. The molecule has 25 heavy (non-hydrogen) atoms. The van der Waals surface area contributed by atoms with Crippen LogP contribution < -0.4 is 4.74 Å². The standard InChI is InChI=1S/C19H24N2O4/c1-12-4-5-16(6-13(12)2)24-11-19(23)21-9-15(18(22)10-21)8-17-7-14(3)20-25-17/h4-7,15,18,22H,8-11H2,1-3H3/t15-,18+/m1/s1. The third-order valence-electron chi connectivity index (χ3n) is 4.74. The van der Waals surface area contributed by atoms with E-state index in [9.17, 15) is 9.90 Å². The summed E-state index contributed by atoms with van der Waals surface area (Å²) in [6.07, 6.45) is 0.0139. The van der Waals surface area contributed by atoms with Gasteiger partial charge in [-0.05, 0) is 44.0 Å². The molecule has 1 aromatic heterocycles. The van der Waals surface area contributed by atoms with Crippen LogP contribution in [-0.2, 0) is 11.2 Å². The van der Waals surface area contributed by atoms with E-state index >= 15 is 0 Å². The first-order chi connectivity index (χ1) is 11.9. The number of rotatable bonds is 5. The molecule has 1 saturated heterocycles. The highest BCUT2D eigenvalue weighted by Gasteiger charge is 2.34. The van der Waals surface area contributed by atoms with E-state index in [0.717, 1.165) is 17.0 Å². The van der Waals surface area contributed by atoms with E-state index in [0.29, 0.717) is 25.3 Å². The first-order valence-corrected chi connectivity index (χ1v) is 8.50. The molecule has 1 N–H and O–H groups in total. The maximum atomic E-state index is 12.4. The zero-order valence-corrected chi connectivity index (χ0v) is 14.9. The van der Waals surface area contributed by atoms with Crippen LogP contribution in [0.5, 0.6) is 5.75 Å². The smallest absolute Gasteiger partial charge is 0.260 e. The molecular weight excluding hydrogens is 320 g/mol.